The average Bonchev–Trinajstić information content (AvgIpc) is 2.78. The third-order valence-corrected chi connectivity index (χ3v) is 7.68. The van der Waals surface area contributed by atoms with Crippen molar-refractivity contribution < 1.29 is 26.7 Å². The maximum absolute atomic E-state index is 13.1. The van der Waals surface area contributed by atoms with Gasteiger partial charge < -0.3 is 9.64 Å². The third kappa shape index (κ3) is 4.72. The zero-order valence-corrected chi connectivity index (χ0v) is 17.8. The van der Waals surface area contributed by atoms with Crippen LogP contribution in [0.2, 0.25) is 0 Å². The maximum Gasteiger partial charge on any atom is 0.387 e. The van der Waals surface area contributed by atoms with Crippen molar-refractivity contribution in [1.29, 1.82) is 0 Å². The molecule has 4 rings (SSSR count). The number of nitrogens with zero attached hydrogens (tertiary/aromatic N) is 2. The number of alkyl halides is 2. The zero-order chi connectivity index (χ0) is 22.0. The molecule has 1 saturated heterocycles. The largest absolute Gasteiger partial charge is 0.435 e. The Hall–Kier alpha value is -2.52. The molecule has 0 spiro atoms. The number of carbonyl (C=O) groups excluding carboxylic acids is 1. The number of halogens is 2. The fourth-order valence-electron chi connectivity index (χ4n) is 4.14. The molecule has 0 radical (unpaired) electrons. The van der Waals surface area contributed by atoms with Crippen LogP contribution in [-0.2, 0) is 22.9 Å². The molecule has 2 aromatic rings. The van der Waals surface area contributed by atoms with E-state index < -0.39 is 16.6 Å². The van der Waals surface area contributed by atoms with Crippen molar-refractivity contribution in [3.8, 4) is 5.75 Å². The molecule has 0 aromatic heterocycles. The van der Waals surface area contributed by atoms with Gasteiger partial charge >= 0.3 is 6.61 Å². The van der Waals surface area contributed by atoms with Gasteiger partial charge in [-0.3, -0.25) is 4.79 Å². The predicted molar refractivity (Wildman–Crippen MR) is 111 cm³/mol. The molecule has 2 aliphatic rings. The highest BCUT2D eigenvalue weighted by molar-refractivity contribution is 7.89. The number of amides is 1. The number of carbonyl (C=O) groups is 1. The number of benzene rings is 2. The normalized spacial score (nSPS) is 17.5. The van der Waals surface area contributed by atoms with Crippen molar-refractivity contribution in [3.63, 3.8) is 0 Å². The molecule has 0 saturated carbocycles. The van der Waals surface area contributed by atoms with E-state index in [1.807, 2.05) is 6.07 Å². The van der Waals surface area contributed by atoms with E-state index in [0.29, 0.717) is 4.90 Å². The van der Waals surface area contributed by atoms with Crippen LogP contribution in [0.3, 0.4) is 0 Å². The highest BCUT2D eigenvalue weighted by atomic mass is 32.2. The molecule has 166 valence electrons. The second-order valence-electron chi connectivity index (χ2n) is 7.74. The number of rotatable bonds is 5. The molecule has 0 atom stereocenters. The van der Waals surface area contributed by atoms with Gasteiger partial charge in [-0.1, -0.05) is 12.1 Å². The first kappa shape index (κ1) is 21.7. The summed E-state index contributed by atoms with van der Waals surface area (Å²) in [6, 6.07) is 11.0. The van der Waals surface area contributed by atoms with Crippen molar-refractivity contribution in [1.82, 2.24) is 9.21 Å². The summed E-state index contributed by atoms with van der Waals surface area (Å²) in [5.74, 6) is -0.431. The molecule has 0 N–H and O–H groups in total. The highest BCUT2D eigenvalue weighted by Gasteiger charge is 2.31. The van der Waals surface area contributed by atoms with Gasteiger partial charge in [0.1, 0.15) is 5.75 Å². The van der Waals surface area contributed by atoms with Crippen molar-refractivity contribution in [3.05, 3.63) is 59.2 Å². The molecule has 0 unspecified atom stereocenters. The quantitative estimate of drug-likeness (QED) is 0.701. The third-order valence-electron chi connectivity index (χ3n) is 5.79. The predicted octanol–water partition coefficient (Wildman–Crippen LogP) is 3.31. The van der Waals surface area contributed by atoms with E-state index in [0.717, 1.165) is 31.2 Å². The Kier molecular flexibility index (Phi) is 6.24. The molecule has 2 aromatic carbocycles. The highest BCUT2D eigenvalue weighted by Crippen LogP contribution is 2.26. The first-order valence-corrected chi connectivity index (χ1v) is 11.7. The summed E-state index contributed by atoms with van der Waals surface area (Å²) in [4.78, 5) is 14.6. The van der Waals surface area contributed by atoms with Crippen LogP contribution in [0, 0.1) is 0 Å². The molecule has 31 heavy (non-hydrogen) atoms. The number of sulfonamides is 1. The number of hydrogen-bond donors (Lipinski definition) is 0. The van der Waals surface area contributed by atoms with Crippen molar-refractivity contribution in [2.24, 2.45) is 0 Å². The minimum Gasteiger partial charge on any atom is -0.435 e. The van der Waals surface area contributed by atoms with Gasteiger partial charge in [0.05, 0.1) is 4.90 Å². The van der Waals surface area contributed by atoms with E-state index in [2.05, 4.69) is 4.74 Å². The summed E-state index contributed by atoms with van der Waals surface area (Å²) in [6.07, 6.45) is 4.09. The molecule has 0 bridgehead atoms. The molecule has 1 fully saturated rings. The zero-order valence-electron chi connectivity index (χ0n) is 17.0. The van der Waals surface area contributed by atoms with Gasteiger partial charge in [0.2, 0.25) is 10.0 Å². The van der Waals surface area contributed by atoms with E-state index in [9.17, 15) is 22.0 Å². The minimum absolute atomic E-state index is 0.0885. The molecule has 9 heteroatoms. The Labute approximate surface area is 180 Å². The maximum atomic E-state index is 13.1. The standard InChI is InChI=1S/C22H24F2N2O4S/c23-22(24)30-19-7-3-6-18(14-19)21(27)25-10-12-26(13-11-25)31(28,29)20-9-8-16-4-1-2-5-17(16)15-20/h3,6-9,14-15,22H,1-2,4-5,10-13H2. The monoisotopic (exact) mass is 450 g/mol. The van der Waals surface area contributed by atoms with Gasteiger partial charge in [0.15, 0.2) is 0 Å². The molecule has 1 aliphatic carbocycles. The van der Waals surface area contributed by atoms with Crippen LogP contribution in [0.4, 0.5) is 8.78 Å². The molecular weight excluding hydrogens is 426 g/mol. The Balaban J connectivity index is 1.43. The first-order chi connectivity index (χ1) is 14.8. The number of hydrogen-bond acceptors (Lipinski definition) is 4. The topological polar surface area (TPSA) is 66.9 Å². The van der Waals surface area contributed by atoms with E-state index in [4.69, 9.17) is 0 Å². The Bertz CT molecular complexity index is 1070. The van der Waals surface area contributed by atoms with Crippen LogP contribution in [0.1, 0.15) is 34.3 Å². The van der Waals surface area contributed by atoms with Crippen LogP contribution < -0.4 is 4.74 Å². The second kappa shape index (κ2) is 8.92. The number of aryl methyl sites for hydroxylation is 2. The summed E-state index contributed by atoms with van der Waals surface area (Å²) in [7, 11) is -3.64. The lowest BCUT2D eigenvalue weighted by molar-refractivity contribution is -0.0499. The van der Waals surface area contributed by atoms with Crippen LogP contribution >= 0.6 is 0 Å². The average molecular weight is 451 g/mol. The van der Waals surface area contributed by atoms with Crippen molar-refractivity contribution in [2.75, 3.05) is 26.2 Å². The second-order valence-corrected chi connectivity index (χ2v) is 9.68. The number of ether oxygens (including phenoxy) is 1. The molecular formula is C22H24F2N2O4S. The summed E-state index contributed by atoms with van der Waals surface area (Å²) >= 11 is 0. The molecule has 1 amide bonds. The minimum atomic E-state index is -3.64. The lowest BCUT2D eigenvalue weighted by Crippen LogP contribution is -2.50. The van der Waals surface area contributed by atoms with Crippen LogP contribution in [-0.4, -0.2) is 56.3 Å². The smallest absolute Gasteiger partial charge is 0.387 e. The van der Waals surface area contributed by atoms with Crippen LogP contribution in [0.15, 0.2) is 47.4 Å². The summed E-state index contributed by atoms with van der Waals surface area (Å²) < 4.78 is 56.8. The van der Waals surface area contributed by atoms with Gasteiger partial charge in [-0.15, -0.1) is 0 Å². The Morgan fingerprint density at radius 1 is 0.935 bits per heavy atom. The van der Waals surface area contributed by atoms with Gasteiger partial charge in [0.25, 0.3) is 5.91 Å². The van der Waals surface area contributed by atoms with Crippen molar-refractivity contribution >= 4 is 15.9 Å². The van der Waals surface area contributed by atoms with Crippen molar-refractivity contribution in [2.45, 2.75) is 37.2 Å². The van der Waals surface area contributed by atoms with E-state index >= 15 is 0 Å². The molecule has 1 aliphatic heterocycles. The summed E-state index contributed by atoms with van der Waals surface area (Å²) in [5.41, 5.74) is 2.55. The Morgan fingerprint density at radius 3 is 2.35 bits per heavy atom. The first-order valence-electron chi connectivity index (χ1n) is 10.3. The fraction of sp³-hybridized carbons (Fsp3) is 0.409. The van der Waals surface area contributed by atoms with Gasteiger partial charge in [-0.05, 0) is 67.1 Å². The van der Waals surface area contributed by atoms with Gasteiger partial charge in [-0.25, -0.2) is 8.42 Å². The van der Waals surface area contributed by atoms with E-state index in [-0.39, 0.29) is 43.4 Å². The van der Waals surface area contributed by atoms with Gasteiger partial charge in [-0.2, -0.15) is 13.1 Å². The number of fused-ring (bicyclic) bond motifs is 1. The molecule has 1 heterocycles. The SMILES string of the molecule is O=C(c1cccc(OC(F)F)c1)N1CCN(S(=O)(=O)c2ccc3c(c2)CCCC3)CC1. The van der Waals surface area contributed by atoms with E-state index in [1.54, 1.807) is 12.1 Å². The lowest BCUT2D eigenvalue weighted by Gasteiger charge is -2.34. The fourth-order valence-corrected chi connectivity index (χ4v) is 5.61. The Morgan fingerprint density at radius 2 is 1.65 bits per heavy atom. The van der Waals surface area contributed by atoms with Crippen LogP contribution in [0.25, 0.3) is 0 Å². The number of piperazine rings is 1. The summed E-state index contributed by atoms with van der Waals surface area (Å²) in [5, 5.41) is 0. The van der Waals surface area contributed by atoms with Crippen LogP contribution in [0.5, 0.6) is 5.75 Å². The lowest BCUT2D eigenvalue weighted by atomic mass is 9.92. The summed E-state index contributed by atoms with van der Waals surface area (Å²) in [6.45, 7) is -2.16. The van der Waals surface area contributed by atoms with E-state index in [1.165, 1.54) is 39.0 Å². The van der Waals surface area contributed by atoms with Gasteiger partial charge in [0, 0.05) is 31.7 Å². The molecule has 6 nitrogen and oxygen atoms in total.